The summed E-state index contributed by atoms with van der Waals surface area (Å²) in [5.41, 5.74) is 5.88. The van der Waals surface area contributed by atoms with Gasteiger partial charge in [0.25, 0.3) is 0 Å². The summed E-state index contributed by atoms with van der Waals surface area (Å²) >= 11 is 0. The van der Waals surface area contributed by atoms with Crippen molar-refractivity contribution in [3.05, 3.63) is 119 Å². The molecule has 0 aromatic heterocycles. The Morgan fingerprint density at radius 3 is 2.07 bits per heavy atom. The molecule has 5 rings (SSSR count). The van der Waals surface area contributed by atoms with Crippen LogP contribution in [0.25, 0.3) is 11.1 Å². The maximum Gasteiger partial charge on any atom is 0.343 e. The largest absolute Gasteiger partial charge is 0.492 e. The van der Waals surface area contributed by atoms with Gasteiger partial charge in [-0.15, -0.1) is 0 Å². The van der Waals surface area contributed by atoms with Crippen LogP contribution < -0.4 is 24.3 Å². The number of nitrogens with one attached hydrogen (secondary N) is 1. The average Bonchev–Trinajstić information content (AvgIpc) is 3.47. The van der Waals surface area contributed by atoms with Gasteiger partial charge in [-0.3, -0.25) is 0 Å². The fraction of sp³-hybridized carbons (Fsp3) is 0.229. The molecule has 1 N–H and O–H groups in total. The highest BCUT2D eigenvalue weighted by Crippen LogP contribution is 2.40. The summed E-state index contributed by atoms with van der Waals surface area (Å²) in [7, 11) is 0. The van der Waals surface area contributed by atoms with Crippen LogP contribution >= 0.6 is 0 Å². The van der Waals surface area contributed by atoms with Gasteiger partial charge >= 0.3 is 5.97 Å². The monoisotopic (exact) mass is 549 g/mol. The number of esters is 1. The molecule has 0 atom stereocenters. The van der Waals surface area contributed by atoms with E-state index in [0.717, 1.165) is 58.1 Å². The third-order valence-corrected chi connectivity index (χ3v) is 6.81. The Hall–Kier alpha value is -4.55. The predicted octanol–water partition coefficient (Wildman–Crippen LogP) is 7.38. The summed E-state index contributed by atoms with van der Waals surface area (Å²) in [5, 5.41) is 3.37. The van der Waals surface area contributed by atoms with Gasteiger partial charge in [-0.2, -0.15) is 0 Å². The molecular formula is C35H35NO5. The summed E-state index contributed by atoms with van der Waals surface area (Å²) in [4.78, 5) is 12.6. The Kier molecular flexibility index (Phi) is 9.02. The summed E-state index contributed by atoms with van der Waals surface area (Å²) in [6.45, 7) is 8.00. The van der Waals surface area contributed by atoms with Crippen LogP contribution in [0.15, 0.2) is 97.1 Å². The molecule has 0 radical (unpaired) electrons. The summed E-state index contributed by atoms with van der Waals surface area (Å²) < 4.78 is 22.8. The second-order valence-electron chi connectivity index (χ2n) is 10.0. The molecule has 6 heteroatoms. The standard InChI is InChI=1S/C35H35NO5/c1-4-31(28-14-19-32-33(22-28)40-23-39-32)34(25-10-15-29(16-11-25)38-21-20-36-24(2)3)26-12-17-30(18-13-26)41-35(37)27-8-6-5-7-9-27/h5-19,22,24,36H,4,20-21,23H2,1-3H3. The van der Waals surface area contributed by atoms with Crippen molar-refractivity contribution in [2.24, 2.45) is 0 Å². The average molecular weight is 550 g/mol. The van der Waals surface area contributed by atoms with Gasteiger partial charge in [0, 0.05) is 12.6 Å². The Bertz CT molecular complexity index is 1490. The van der Waals surface area contributed by atoms with Gasteiger partial charge < -0.3 is 24.3 Å². The molecule has 0 fully saturated rings. The van der Waals surface area contributed by atoms with Crippen LogP contribution in [-0.4, -0.2) is 32.0 Å². The van der Waals surface area contributed by atoms with Crippen molar-refractivity contribution in [2.45, 2.75) is 33.2 Å². The lowest BCUT2D eigenvalue weighted by atomic mass is 9.88. The van der Waals surface area contributed by atoms with E-state index in [1.807, 2.05) is 66.7 Å². The summed E-state index contributed by atoms with van der Waals surface area (Å²) in [6, 6.07) is 31.3. The minimum atomic E-state index is -0.386. The molecule has 0 spiro atoms. The van der Waals surface area contributed by atoms with E-state index in [1.54, 1.807) is 12.1 Å². The van der Waals surface area contributed by atoms with E-state index in [4.69, 9.17) is 18.9 Å². The van der Waals surface area contributed by atoms with Gasteiger partial charge in [0.2, 0.25) is 6.79 Å². The quantitative estimate of drug-likeness (QED) is 0.0911. The Morgan fingerprint density at radius 2 is 1.41 bits per heavy atom. The second kappa shape index (κ2) is 13.2. The topological polar surface area (TPSA) is 66.0 Å². The Labute approximate surface area is 241 Å². The van der Waals surface area contributed by atoms with Gasteiger partial charge in [0.15, 0.2) is 11.5 Å². The van der Waals surface area contributed by atoms with Crippen LogP contribution in [0, 0.1) is 0 Å². The van der Waals surface area contributed by atoms with Gasteiger partial charge in [0.1, 0.15) is 18.1 Å². The highest BCUT2D eigenvalue weighted by atomic mass is 16.7. The summed E-state index contributed by atoms with van der Waals surface area (Å²) in [6.07, 6.45) is 0.791. The molecule has 0 amide bonds. The predicted molar refractivity (Wildman–Crippen MR) is 162 cm³/mol. The first-order valence-electron chi connectivity index (χ1n) is 14.0. The molecule has 0 unspecified atom stereocenters. The van der Waals surface area contributed by atoms with Crippen LogP contribution in [0.5, 0.6) is 23.0 Å². The molecule has 0 aliphatic carbocycles. The van der Waals surface area contributed by atoms with E-state index < -0.39 is 0 Å². The zero-order valence-corrected chi connectivity index (χ0v) is 23.7. The fourth-order valence-electron chi connectivity index (χ4n) is 4.79. The molecule has 1 heterocycles. The molecule has 41 heavy (non-hydrogen) atoms. The lowest BCUT2D eigenvalue weighted by molar-refractivity contribution is 0.0734. The zero-order chi connectivity index (χ0) is 28.6. The van der Waals surface area contributed by atoms with E-state index in [9.17, 15) is 4.79 Å². The number of benzene rings is 4. The van der Waals surface area contributed by atoms with Crippen molar-refractivity contribution >= 4 is 17.1 Å². The normalized spacial score (nSPS) is 12.7. The van der Waals surface area contributed by atoms with Crippen LogP contribution in [-0.2, 0) is 0 Å². The number of hydrogen-bond donors (Lipinski definition) is 1. The van der Waals surface area contributed by atoms with Crippen LogP contribution in [0.1, 0.15) is 54.2 Å². The molecule has 4 aromatic rings. The van der Waals surface area contributed by atoms with E-state index in [1.165, 1.54) is 0 Å². The van der Waals surface area contributed by atoms with E-state index >= 15 is 0 Å². The van der Waals surface area contributed by atoms with Gasteiger partial charge in [-0.1, -0.05) is 69.3 Å². The molecule has 0 saturated carbocycles. The number of ether oxygens (including phenoxy) is 4. The molecule has 0 saturated heterocycles. The van der Waals surface area contributed by atoms with Crippen molar-refractivity contribution in [1.82, 2.24) is 5.32 Å². The van der Waals surface area contributed by atoms with Gasteiger partial charge in [-0.25, -0.2) is 4.79 Å². The fourth-order valence-corrected chi connectivity index (χ4v) is 4.79. The molecule has 6 nitrogen and oxygen atoms in total. The first kappa shape index (κ1) is 28.0. The third kappa shape index (κ3) is 6.97. The van der Waals surface area contributed by atoms with Crippen LogP contribution in [0.3, 0.4) is 0 Å². The maximum atomic E-state index is 12.6. The third-order valence-electron chi connectivity index (χ3n) is 6.81. The first-order valence-corrected chi connectivity index (χ1v) is 14.0. The van der Waals surface area contributed by atoms with Crippen molar-refractivity contribution in [2.75, 3.05) is 19.9 Å². The molecule has 0 bridgehead atoms. The SMILES string of the molecule is CCC(=C(c1ccc(OCCNC(C)C)cc1)c1ccc(OC(=O)c2ccccc2)cc1)c1ccc2c(c1)OCO2. The highest BCUT2D eigenvalue weighted by Gasteiger charge is 2.18. The molecule has 210 valence electrons. The van der Waals surface area contributed by atoms with Crippen molar-refractivity contribution in [3.63, 3.8) is 0 Å². The molecule has 1 aliphatic heterocycles. The van der Waals surface area contributed by atoms with Crippen LogP contribution in [0.2, 0.25) is 0 Å². The molecule has 4 aromatic carbocycles. The minimum absolute atomic E-state index is 0.230. The highest BCUT2D eigenvalue weighted by molar-refractivity contribution is 5.99. The first-order chi connectivity index (χ1) is 20.0. The zero-order valence-electron chi connectivity index (χ0n) is 23.7. The molecule has 1 aliphatic rings. The number of allylic oxidation sites excluding steroid dienone is 1. The van der Waals surface area contributed by atoms with Crippen molar-refractivity contribution in [1.29, 1.82) is 0 Å². The van der Waals surface area contributed by atoms with Gasteiger partial charge in [-0.05, 0) is 82.8 Å². The Morgan fingerprint density at radius 1 is 0.780 bits per heavy atom. The summed E-state index contributed by atoms with van der Waals surface area (Å²) in [5.74, 6) is 2.42. The van der Waals surface area contributed by atoms with Crippen LogP contribution in [0.4, 0.5) is 0 Å². The maximum absolute atomic E-state index is 12.6. The second-order valence-corrected chi connectivity index (χ2v) is 10.0. The van der Waals surface area contributed by atoms with E-state index in [2.05, 4.69) is 44.3 Å². The number of hydrogen-bond acceptors (Lipinski definition) is 6. The lowest BCUT2D eigenvalue weighted by Gasteiger charge is -2.18. The molecular weight excluding hydrogens is 514 g/mol. The number of rotatable bonds is 11. The number of carbonyl (C=O) groups is 1. The van der Waals surface area contributed by atoms with E-state index in [-0.39, 0.29) is 12.8 Å². The van der Waals surface area contributed by atoms with Crippen molar-refractivity contribution in [3.8, 4) is 23.0 Å². The lowest BCUT2D eigenvalue weighted by Crippen LogP contribution is -2.27. The van der Waals surface area contributed by atoms with Gasteiger partial charge in [0.05, 0.1) is 5.56 Å². The van der Waals surface area contributed by atoms with E-state index in [0.29, 0.717) is 24.0 Å². The Balaban J connectivity index is 1.46. The minimum Gasteiger partial charge on any atom is -0.492 e. The van der Waals surface area contributed by atoms with Crippen molar-refractivity contribution < 1.29 is 23.7 Å². The number of carbonyl (C=O) groups excluding carboxylic acids is 1. The number of fused-ring (bicyclic) bond motifs is 1. The smallest absolute Gasteiger partial charge is 0.343 e.